The Morgan fingerprint density at radius 2 is 2.38 bits per heavy atom. The van der Waals surface area contributed by atoms with Gasteiger partial charge in [-0.25, -0.2) is 4.98 Å². The Labute approximate surface area is 144 Å². The molecular formula is C18H19N3O2S. The van der Waals surface area contributed by atoms with Gasteiger partial charge in [0.05, 0.1) is 17.0 Å². The summed E-state index contributed by atoms with van der Waals surface area (Å²) in [5.74, 6) is 0.695. The molecule has 0 bridgehead atoms. The standard InChI is InChI=1S/C18H19N3O2S/c1-11(12-6-8-24-10-12)18(22)19-13-4-5-14-15(9-13)21-17(20-14)16-3-2-7-23-16/h4-6,8-11,16H,2-3,7H2,1H3,(H,19,22)(H,20,21)/t11-,16-/m1/s1. The summed E-state index contributed by atoms with van der Waals surface area (Å²) in [6, 6.07) is 7.73. The third kappa shape index (κ3) is 2.95. The predicted octanol–water partition coefficient (Wildman–Crippen LogP) is 4.22. The quantitative estimate of drug-likeness (QED) is 0.747. The van der Waals surface area contributed by atoms with Crippen LogP contribution in [-0.2, 0) is 9.53 Å². The monoisotopic (exact) mass is 341 g/mol. The second-order valence-corrected chi connectivity index (χ2v) is 6.90. The molecule has 24 heavy (non-hydrogen) atoms. The lowest BCUT2D eigenvalue weighted by Gasteiger charge is -2.10. The largest absolute Gasteiger partial charge is 0.370 e. The first-order chi connectivity index (χ1) is 11.7. The number of hydrogen-bond acceptors (Lipinski definition) is 4. The van der Waals surface area contributed by atoms with Crippen molar-refractivity contribution < 1.29 is 9.53 Å². The minimum absolute atomic E-state index is 0.00776. The zero-order valence-corrected chi connectivity index (χ0v) is 14.2. The van der Waals surface area contributed by atoms with Crippen molar-refractivity contribution in [1.29, 1.82) is 0 Å². The molecule has 3 heterocycles. The maximum absolute atomic E-state index is 12.4. The van der Waals surface area contributed by atoms with E-state index in [4.69, 9.17) is 4.74 Å². The average molecular weight is 341 g/mol. The van der Waals surface area contributed by atoms with E-state index in [0.29, 0.717) is 0 Å². The van der Waals surface area contributed by atoms with Crippen molar-refractivity contribution in [1.82, 2.24) is 9.97 Å². The third-order valence-corrected chi connectivity index (χ3v) is 5.14. The van der Waals surface area contributed by atoms with E-state index in [1.54, 1.807) is 11.3 Å². The van der Waals surface area contributed by atoms with E-state index >= 15 is 0 Å². The Bertz CT molecular complexity index is 850. The first kappa shape index (κ1) is 15.4. The van der Waals surface area contributed by atoms with Crippen LogP contribution in [0.25, 0.3) is 11.0 Å². The minimum Gasteiger partial charge on any atom is -0.370 e. The minimum atomic E-state index is -0.170. The van der Waals surface area contributed by atoms with Crippen LogP contribution in [0, 0.1) is 0 Å². The molecule has 2 atom stereocenters. The van der Waals surface area contributed by atoms with Crippen molar-refractivity contribution >= 4 is 34.0 Å². The second-order valence-electron chi connectivity index (χ2n) is 6.12. The van der Waals surface area contributed by atoms with Crippen molar-refractivity contribution in [3.8, 4) is 0 Å². The van der Waals surface area contributed by atoms with Crippen LogP contribution in [0.5, 0.6) is 0 Å². The molecule has 124 valence electrons. The summed E-state index contributed by atoms with van der Waals surface area (Å²) in [5.41, 5.74) is 3.63. The first-order valence-electron chi connectivity index (χ1n) is 8.15. The van der Waals surface area contributed by atoms with Crippen LogP contribution in [0.2, 0.25) is 0 Å². The number of fused-ring (bicyclic) bond motifs is 1. The second kappa shape index (κ2) is 6.37. The summed E-state index contributed by atoms with van der Waals surface area (Å²) in [4.78, 5) is 20.3. The fourth-order valence-electron chi connectivity index (χ4n) is 2.98. The van der Waals surface area contributed by atoms with Gasteiger partial charge >= 0.3 is 0 Å². The van der Waals surface area contributed by atoms with Crippen LogP contribution < -0.4 is 5.32 Å². The molecule has 0 radical (unpaired) electrons. The van der Waals surface area contributed by atoms with E-state index in [-0.39, 0.29) is 17.9 Å². The van der Waals surface area contributed by atoms with Crippen molar-refractivity contribution in [2.24, 2.45) is 0 Å². The lowest BCUT2D eigenvalue weighted by Crippen LogP contribution is -2.18. The fourth-order valence-corrected chi connectivity index (χ4v) is 3.73. The number of hydrogen-bond donors (Lipinski definition) is 2. The molecule has 2 N–H and O–H groups in total. The predicted molar refractivity (Wildman–Crippen MR) is 95.4 cm³/mol. The molecule has 6 heteroatoms. The summed E-state index contributed by atoms with van der Waals surface area (Å²) >= 11 is 1.60. The molecular weight excluding hydrogens is 322 g/mol. The topological polar surface area (TPSA) is 67.0 Å². The first-order valence-corrected chi connectivity index (χ1v) is 9.09. The van der Waals surface area contributed by atoms with Gasteiger partial charge < -0.3 is 15.0 Å². The number of amides is 1. The molecule has 2 aromatic heterocycles. The van der Waals surface area contributed by atoms with Gasteiger partial charge in [-0.05, 0) is 60.4 Å². The number of aromatic nitrogens is 2. The zero-order chi connectivity index (χ0) is 16.5. The Hall–Kier alpha value is -2.18. The Morgan fingerprint density at radius 1 is 1.46 bits per heavy atom. The van der Waals surface area contributed by atoms with E-state index in [0.717, 1.165) is 47.6 Å². The lowest BCUT2D eigenvalue weighted by atomic mass is 10.0. The summed E-state index contributed by atoms with van der Waals surface area (Å²) in [5, 5.41) is 6.99. The molecule has 1 amide bonds. The van der Waals surface area contributed by atoms with Gasteiger partial charge in [-0.3, -0.25) is 4.79 Å². The molecule has 4 rings (SSSR count). The van der Waals surface area contributed by atoms with Crippen LogP contribution in [0.1, 0.15) is 43.2 Å². The number of nitrogens with zero attached hydrogens (tertiary/aromatic N) is 1. The number of carbonyl (C=O) groups is 1. The van der Waals surface area contributed by atoms with Crippen molar-refractivity contribution in [3.63, 3.8) is 0 Å². The van der Waals surface area contributed by atoms with Crippen molar-refractivity contribution in [2.75, 3.05) is 11.9 Å². The number of H-pyrrole nitrogens is 1. The number of rotatable bonds is 4. The van der Waals surface area contributed by atoms with Crippen molar-refractivity contribution in [3.05, 3.63) is 46.4 Å². The Morgan fingerprint density at radius 3 is 3.12 bits per heavy atom. The number of aromatic amines is 1. The highest BCUT2D eigenvalue weighted by atomic mass is 32.1. The zero-order valence-electron chi connectivity index (χ0n) is 13.4. The molecule has 5 nitrogen and oxygen atoms in total. The van der Waals surface area contributed by atoms with Crippen molar-refractivity contribution in [2.45, 2.75) is 31.8 Å². The van der Waals surface area contributed by atoms with Crippen LogP contribution >= 0.6 is 11.3 Å². The van der Waals surface area contributed by atoms with Crippen LogP contribution in [-0.4, -0.2) is 22.5 Å². The molecule has 0 spiro atoms. The van der Waals surface area contributed by atoms with Gasteiger partial charge in [0.25, 0.3) is 0 Å². The summed E-state index contributed by atoms with van der Waals surface area (Å²) in [6.07, 6.45) is 2.14. The molecule has 1 aliphatic heterocycles. The van der Waals surface area contributed by atoms with Gasteiger partial charge in [-0.1, -0.05) is 0 Å². The number of nitrogens with one attached hydrogen (secondary N) is 2. The number of benzene rings is 1. The number of ether oxygens (including phenoxy) is 1. The summed E-state index contributed by atoms with van der Waals surface area (Å²) < 4.78 is 5.67. The summed E-state index contributed by atoms with van der Waals surface area (Å²) in [7, 11) is 0. The fraction of sp³-hybridized carbons (Fsp3) is 0.333. The molecule has 1 aromatic carbocycles. The number of imidazole rings is 1. The molecule has 3 aromatic rings. The SMILES string of the molecule is C[C@@H](C(=O)Nc1ccc2nc([C@H]3CCCO3)[nH]c2c1)c1ccsc1. The molecule has 0 saturated carbocycles. The van der Waals surface area contributed by atoms with Gasteiger partial charge in [0.15, 0.2) is 0 Å². The average Bonchev–Trinajstić information content (AvgIpc) is 3.32. The Balaban J connectivity index is 1.53. The van der Waals surface area contributed by atoms with E-state index in [1.807, 2.05) is 41.9 Å². The molecule has 0 unspecified atom stereocenters. The van der Waals surface area contributed by atoms with Gasteiger partial charge in [0, 0.05) is 12.3 Å². The van der Waals surface area contributed by atoms with Crippen LogP contribution in [0.4, 0.5) is 5.69 Å². The number of thiophene rings is 1. The van der Waals surface area contributed by atoms with Gasteiger partial charge in [-0.15, -0.1) is 0 Å². The van der Waals surface area contributed by atoms with Gasteiger partial charge in [0.1, 0.15) is 11.9 Å². The van der Waals surface area contributed by atoms with Gasteiger partial charge in [-0.2, -0.15) is 11.3 Å². The Kier molecular flexibility index (Phi) is 4.08. The molecule has 1 aliphatic rings. The molecule has 1 fully saturated rings. The van der Waals surface area contributed by atoms with E-state index < -0.39 is 0 Å². The highest BCUT2D eigenvalue weighted by Crippen LogP contribution is 2.29. The van der Waals surface area contributed by atoms with E-state index in [9.17, 15) is 4.79 Å². The molecule has 0 aliphatic carbocycles. The van der Waals surface area contributed by atoms with E-state index in [1.165, 1.54) is 0 Å². The third-order valence-electron chi connectivity index (χ3n) is 4.44. The number of anilines is 1. The lowest BCUT2D eigenvalue weighted by molar-refractivity contribution is -0.117. The number of carbonyl (C=O) groups excluding carboxylic acids is 1. The smallest absolute Gasteiger partial charge is 0.231 e. The van der Waals surface area contributed by atoms with Crippen LogP contribution in [0.3, 0.4) is 0 Å². The van der Waals surface area contributed by atoms with Crippen LogP contribution in [0.15, 0.2) is 35.0 Å². The van der Waals surface area contributed by atoms with E-state index in [2.05, 4.69) is 15.3 Å². The molecule has 1 saturated heterocycles. The highest BCUT2D eigenvalue weighted by molar-refractivity contribution is 7.08. The maximum Gasteiger partial charge on any atom is 0.231 e. The normalized spacial score (nSPS) is 18.8. The van der Waals surface area contributed by atoms with Gasteiger partial charge in [0.2, 0.25) is 5.91 Å². The summed E-state index contributed by atoms with van der Waals surface area (Å²) in [6.45, 7) is 2.71. The maximum atomic E-state index is 12.4. The highest BCUT2D eigenvalue weighted by Gasteiger charge is 2.21.